The van der Waals surface area contributed by atoms with E-state index in [-0.39, 0.29) is 24.2 Å². The molecule has 2 amide bonds. The lowest BCUT2D eigenvalue weighted by Gasteiger charge is -2.26. The van der Waals surface area contributed by atoms with Crippen molar-refractivity contribution in [1.29, 1.82) is 0 Å². The Kier molecular flexibility index (Phi) is 7.89. The van der Waals surface area contributed by atoms with Gasteiger partial charge in [-0.2, -0.15) is 0 Å². The Balaban J connectivity index is 1.08. The Morgan fingerprint density at radius 1 is 0.921 bits per heavy atom. The first kappa shape index (κ1) is 25.4. The first-order chi connectivity index (χ1) is 18.5. The highest BCUT2D eigenvalue weighted by Gasteiger charge is 2.15. The van der Waals surface area contributed by atoms with E-state index in [0.29, 0.717) is 29.2 Å². The zero-order chi connectivity index (χ0) is 26.3. The predicted molar refractivity (Wildman–Crippen MR) is 148 cm³/mol. The fourth-order valence-electron chi connectivity index (χ4n) is 4.59. The Bertz CT molecular complexity index is 1410. The number of likely N-dealkylation sites (tertiary alicyclic amines) is 1. The SMILES string of the molecule is Nc1ccccc1NC(=O)c1ccc(OCCNC(=O)c2cc3ccc(CN4CCCCC4)cc3o2)cc1. The fraction of sp³-hybridized carbons (Fsp3) is 0.267. The van der Waals surface area contributed by atoms with E-state index in [1.165, 1.54) is 24.8 Å². The standard InChI is InChI=1S/C30H32N4O4/c31-25-6-2-3-7-26(25)33-29(35)22-10-12-24(13-11-22)37-17-14-32-30(36)28-19-23-9-8-21(18-27(23)38-28)20-34-15-4-1-5-16-34/h2-3,6-13,18-19H,1,4-5,14-17,20,31H2,(H,32,36)(H,33,35). The summed E-state index contributed by atoms with van der Waals surface area (Å²) < 4.78 is 11.6. The maximum absolute atomic E-state index is 12.6. The van der Waals surface area contributed by atoms with E-state index in [2.05, 4.69) is 21.6 Å². The maximum Gasteiger partial charge on any atom is 0.287 e. The number of nitrogens with zero attached hydrogens (tertiary/aromatic N) is 1. The number of carbonyl (C=O) groups excluding carboxylic acids is 2. The van der Waals surface area contributed by atoms with E-state index in [1.807, 2.05) is 24.3 Å². The highest BCUT2D eigenvalue weighted by atomic mass is 16.5. The third kappa shape index (κ3) is 6.33. The number of carbonyl (C=O) groups is 2. The molecule has 1 aromatic heterocycles. The zero-order valence-electron chi connectivity index (χ0n) is 21.2. The lowest BCUT2D eigenvalue weighted by atomic mass is 10.1. The van der Waals surface area contributed by atoms with E-state index in [9.17, 15) is 9.59 Å². The Morgan fingerprint density at radius 2 is 1.71 bits per heavy atom. The van der Waals surface area contributed by atoms with E-state index in [1.54, 1.807) is 42.5 Å². The first-order valence-electron chi connectivity index (χ1n) is 13.0. The molecule has 5 rings (SSSR count). The third-order valence-corrected chi connectivity index (χ3v) is 6.64. The molecule has 1 aliphatic heterocycles. The molecule has 3 aromatic carbocycles. The summed E-state index contributed by atoms with van der Waals surface area (Å²) in [5, 5.41) is 6.53. The Labute approximate surface area is 221 Å². The van der Waals surface area contributed by atoms with Crippen molar-refractivity contribution in [3.8, 4) is 5.75 Å². The van der Waals surface area contributed by atoms with Crippen molar-refractivity contribution >= 4 is 34.2 Å². The van der Waals surface area contributed by atoms with Gasteiger partial charge in [0.2, 0.25) is 0 Å². The molecular formula is C30H32N4O4. The number of anilines is 2. The van der Waals surface area contributed by atoms with Gasteiger partial charge in [0.05, 0.1) is 17.9 Å². The number of nitrogens with one attached hydrogen (secondary N) is 2. The van der Waals surface area contributed by atoms with Gasteiger partial charge in [-0.25, -0.2) is 0 Å². The third-order valence-electron chi connectivity index (χ3n) is 6.64. The molecule has 2 heterocycles. The monoisotopic (exact) mass is 512 g/mol. The number of amides is 2. The average molecular weight is 513 g/mol. The molecular weight excluding hydrogens is 480 g/mol. The minimum atomic E-state index is -0.283. The van der Waals surface area contributed by atoms with Gasteiger partial charge in [0.25, 0.3) is 11.8 Å². The van der Waals surface area contributed by atoms with Crippen molar-refractivity contribution < 1.29 is 18.7 Å². The summed E-state index contributed by atoms with van der Waals surface area (Å²) in [7, 11) is 0. The van der Waals surface area contributed by atoms with Crippen molar-refractivity contribution in [3.63, 3.8) is 0 Å². The number of rotatable bonds is 9. The van der Waals surface area contributed by atoms with Gasteiger partial charge < -0.3 is 25.5 Å². The Hall–Kier alpha value is -4.30. The van der Waals surface area contributed by atoms with Gasteiger partial charge in [0.1, 0.15) is 17.9 Å². The number of hydrogen-bond donors (Lipinski definition) is 3. The smallest absolute Gasteiger partial charge is 0.287 e. The second kappa shape index (κ2) is 11.8. The van der Waals surface area contributed by atoms with Gasteiger partial charge in [-0.05, 0) is 80.0 Å². The highest BCUT2D eigenvalue weighted by Crippen LogP contribution is 2.23. The van der Waals surface area contributed by atoms with Crippen LogP contribution in [0.25, 0.3) is 11.0 Å². The molecule has 0 bridgehead atoms. The second-order valence-electron chi connectivity index (χ2n) is 9.49. The maximum atomic E-state index is 12.6. The molecule has 8 heteroatoms. The van der Waals surface area contributed by atoms with Crippen LogP contribution in [0.5, 0.6) is 5.75 Å². The quantitative estimate of drug-likeness (QED) is 0.214. The van der Waals surface area contributed by atoms with Crippen LogP contribution in [-0.2, 0) is 6.54 Å². The number of furan rings is 1. The van der Waals surface area contributed by atoms with Crippen LogP contribution in [-0.4, -0.2) is 43.0 Å². The number of ether oxygens (including phenoxy) is 1. The van der Waals surface area contributed by atoms with E-state index in [0.717, 1.165) is 30.6 Å². The van der Waals surface area contributed by atoms with Crippen LogP contribution >= 0.6 is 0 Å². The number of nitrogens with two attached hydrogens (primary N) is 1. The number of hydrogen-bond acceptors (Lipinski definition) is 6. The van der Waals surface area contributed by atoms with Crippen molar-refractivity contribution in [2.24, 2.45) is 0 Å². The molecule has 0 aliphatic carbocycles. The molecule has 1 aliphatic rings. The average Bonchev–Trinajstić information content (AvgIpc) is 3.37. The predicted octanol–water partition coefficient (Wildman–Crippen LogP) is 5.06. The summed E-state index contributed by atoms with van der Waals surface area (Å²) in [5.74, 6) is 0.338. The molecule has 4 aromatic rings. The summed E-state index contributed by atoms with van der Waals surface area (Å²) in [5.41, 5.74) is 9.35. The molecule has 0 saturated carbocycles. The number of benzene rings is 3. The largest absolute Gasteiger partial charge is 0.492 e. The van der Waals surface area contributed by atoms with Crippen molar-refractivity contribution in [2.45, 2.75) is 25.8 Å². The number of fused-ring (bicyclic) bond motifs is 1. The summed E-state index contributed by atoms with van der Waals surface area (Å²) in [6.07, 6.45) is 3.82. The number of nitrogen functional groups attached to an aromatic ring is 1. The molecule has 8 nitrogen and oxygen atoms in total. The van der Waals surface area contributed by atoms with Gasteiger partial charge in [-0.1, -0.05) is 30.7 Å². The summed E-state index contributed by atoms with van der Waals surface area (Å²) in [6, 6.07) is 21.8. The topological polar surface area (TPSA) is 110 Å². The van der Waals surface area contributed by atoms with Gasteiger partial charge in [-0.3, -0.25) is 14.5 Å². The molecule has 4 N–H and O–H groups in total. The van der Waals surface area contributed by atoms with Crippen LogP contribution in [0.3, 0.4) is 0 Å². The molecule has 0 unspecified atom stereocenters. The van der Waals surface area contributed by atoms with Crippen LogP contribution in [0.1, 0.15) is 45.7 Å². The molecule has 1 fully saturated rings. The summed E-state index contributed by atoms with van der Waals surface area (Å²) in [4.78, 5) is 27.5. The Morgan fingerprint density at radius 3 is 2.50 bits per heavy atom. The van der Waals surface area contributed by atoms with E-state index >= 15 is 0 Å². The van der Waals surface area contributed by atoms with Crippen LogP contribution in [0.15, 0.2) is 77.2 Å². The van der Waals surface area contributed by atoms with E-state index in [4.69, 9.17) is 14.9 Å². The van der Waals surface area contributed by atoms with Crippen LogP contribution < -0.4 is 21.1 Å². The molecule has 0 radical (unpaired) electrons. The zero-order valence-corrected chi connectivity index (χ0v) is 21.2. The van der Waals surface area contributed by atoms with Crippen molar-refractivity contribution in [3.05, 3.63) is 89.7 Å². The van der Waals surface area contributed by atoms with Crippen molar-refractivity contribution in [2.75, 3.05) is 37.3 Å². The highest BCUT2D eigenvalue weighted by molar-refractivity contribution is 6.05. The van der Waals surface area contributed by atoms with Crippen molar-refractivity contribution in [1.82, 2.24) is 10.2 Å². The van der Waals surface area contributed by atoms with Gasteiger partial charge >= 0.3 is 0 Å². The fourth-order valence-corrected chi connectivity index (χ4v) is 4.59. The lowest BCUT2D eigenvalue weighted by molar-refractivity contribution is 0.0920. The van der Waals surface area contributed by atoms with Gasteiger partial charge in [0.15, 0.2) is 5.76 Å². The number of piperidine rings is 1. The van der Waals surface area contributed by atoms with Crippen LogP contribution in [0, 0.1) is 0 Å². The normalized spacial score (nSPS) is 13.8. The summed E-state index contributed by atoms with van der Waals surface area (Å²) >= 11 is 0. The van der Waals surface area contributed by atoms with Gasteiger partial charge in [0, 0.05) is 17.5 Å². The lowest BCUT2D eigenvalue weighted by Crippen LogP contribution is -2.28. The first-order valence-corrected chi connectivity index (χ1v) is 13.0. The minimum absolute atomic E-state index is 0.258. The molecule has 38 heavy (non-hydrogen) atoms. The van der Waals surface area contributed by atoms with Crippen LogP contribution in [0.2, 0.25) is 0 Å². The second-order valence-corrected chi connectivity index (χ2v) is 9.49. The minimum Gasteiger partial charge on any atom is -0.492 e. The molecule has 1 saturated heterocycles. The molecule has 0 spiro atoms. The molecule has 0 atom stereocenters. The summed E-state index contributed by atoms with van der Waals surface area (Å²) in [6.45, 7) is 3.76. The number of para-hydroxylation sites is 2. The van der Waals surface area contributed by atoms with Gasteiger partial charge in [-0.15, -0.1) is 0 Å². The molecule has 196 valence electrons. The van der Waals surface area contributed by atoms with E-state index < -0.39 is 0 Å². The van der Waals surface area contributed by atoms with Crippen LogP contribution in [0.4, 0.5) is 11.4 Å².